The highest BCUT2D eigenvalue weighted by molar-refractivity contribution is 7.14. The Kier molecular flexibility index (Phi) is 3.60. The van der Waals surface area contributed by atoms with E-state index in [-0.39, 0.29) is 11.8 Å². The molecule has 0 aliphatic carbocycles. The van der Waals surface area contributed by atoms with Crippen LogP contribution in [0.5, 0.6) is 0 Å². The molecule has 0 bridgehead atoms. The van der Waals surface area contributed by atoms with E-state index >= 15 is 0 Å². The van der Waals surface area contributed by atoms with Gasteiger partial charge < -0.3 is 11.1 Å². The lowest BCUT2D eigenvalue weighted by molar-refractivity contribution is -0.118. The van der Waals surface area contributed by atoms with Gasteiger partial charge in [-0.15, -0.1) is 11.3 Å². The van der Waals surface area contributed by atoms with Crippen molar-refractivity contribution in [3.8, 4) is 0 Å². The number of nitrogens with two attached hydrogens (primary N) is 1. The zero-order valence-electron chi connectivity index (χ0n) is 8.57. The van der Waals surface area contributed by atoms with Crippen LogP contribution in [0.3, 0.4) is 0 Å². The fourth-order valence-corrected chi connectivity index (χ4v) is 1.62. The predicted molar refractivity (Wildman–Crippen MR) is 58.3 cm³/mol. The van der Waals surface area contributed by atoms with Crippen molar-refractivity contribution < 1.29 is 4.79 Å². The fraction of sp³-hybridized carbons (Fsp3) is 0.556. The number of carbonyl (C=O) groups excluding carboxylic acids is 1. The highest BCUT2D eigenvalue weighted by Gasteiger charge is 2.18. The summed E-state index contributed by atoms with van der Waals surface area (Å²) < 4.78 is 0. The van der Waals surface area contributed by atoms with Gasteiger partial charge in [-0.3, -0.25) is 4.79 Å². The Hall–Kier alpha value is -0.940. The van der Waals surface area contributed by atoms with Gasteiger partial charge in [0.2, 0.25) is 5.91 Å². The summed E-state index contributed by atoms with van der Waals surface area (Å²) in [5, 5.41) is 3.55. The molecule has 0 unspecified atom stereocenters. The third kappa shape index (κ3) is 2.52. The Balaban J connectivity index is 2.62. The number of hydrogen-bond acceptors (Lipinski definition) is 4. The molecular weight excluding hydrogens is 198 g/mol. The lowest BCUT2D eigenvalue weighted by Crippen LogP contribution is -2.39. The Labute approximate surface area is 87.5 Å². The van der Waals surface area contributed by atoms with E-state index in [1.807, 2.05) is 20.8 Å². The zero-order chi connectivity index (χ0) is 10.7. The second-order valence-electron chi connectivity index (χ2n) is 3.53. The summed E-state index contributed by atoms with van der Waals surface area (Å²) in [5.74, 6) is -0.00409. The third-order valence-corrected chi connectivity index (χ3v) is 2.85. The topological polar surface area (TPSA) is 68.0 Å². The minimum absolute atomic E-state index is 0.142. The molecule has 78 valence electrons. The van der Waals surface area contributed by atoms with Crippen LogP contribution < -0.4 is 11.1 Å². The molecule has 0 spiro atoms. The van der Waals surface area contributed by atoms with Crippen LogP contribution in [0, 0.1) is 12.8 Å². The number of aryl methyl sites for hydroxylation is 1. The molecule has 0 aromatic carbocycles. The molecular formula is C9H15N3OS. The number of rotatable bonds is 3. The van der Waals surface area contributed by atoms with E-state index in [4.69, 9.17) is 5.73 Å². The maximum Gasteiger partial charge on any atom is 0.242 e. The fourth-order valence-electron chi connectivity index (χ4n) is 0.920. The second kappa shape index (κ2) is 4.52. The molecule has 1 heterocycles. The molecule has 1 aromatic heterocycles. The van der Waals surface area contributed by atoms with Crippen molar-refractivity contribution in [3.63, 3.8) is 0 Å². The minimum atomic E-state index is -0.462. The minimum Gasteiger partial charge on any atom is -0.320 e. The molecule has 5 heteroatoms. The van der Waals surface area contributed by atoms with Crippen molar-refractivity contribution in [1.29, 1.82) is 0 Å². The average Bonchev–Trinajstić information content (AvgIpc) is 2.50. The Bertz CT molecular complexity index is 322. The SMILES string of the molecule is Cc1ncsc1NC(=O)[C@H](N)C(C)C. The largest absolute Gasteiger partial charge is 0.320 e. The molecule has 0 aliphatic rings. The molecule has 0 saturated carbocycles. The van der Waals surface area contributed by atoms with E-state index in [9.17, 15) is 4.79 Å². The van der Waals surface area contributed by atoms with E-state index in [0.29, 0.717) is 0 Å². The maximum atomic E-state index is 11.5. The van der Waals surface area contributed by atoms with Gasteiger partial charge in [-0.05, 0) is 12.8 Å². The predicted octanol–water partition coefficient (Wildman–Crippen LogP) is 1.37. The van der Waals surface area contributed by atoms with Gasteiger partial charge in [0.1, 0.15) is 5.00 Å². The van der Waals surface area contributed by atoms with Crippen molar-refractivity contribution in [3.05, 3.63) is 11.2 Å². The van der Waals surface area contributed by atoms with Crippen LogP contribution in [-0.4, -0.2) is 16.9 Å². The first-order chi connectivity index (χ1) is 6.52. The Morgan fingerprint density at radius 2 is 2.29 bits per heavy atom. The Morgan fingerprint density at radius 3 is 2.71 bits per heavy atom. The van der Waals surface area contributed by atoms with Crippen molar-refractivity contribution in [2.45, 2.75) is 26.8 Å². The van der Waals surface area contributed by atoms with Crippen LogP contribution >= 0.6 is 11.3 Å². The number of thiazole rings is 1. The summed E-state index contributed by atoms with van der Waals surface area (Å²) in [6.45, 7) is 5.70. The molecule has 0 radical (unpaired) electrons. The van der Waals surface area contributed by atoms with Gasteiger partial charge in [0.05, 0.1) is 17.2 Å². The molecule has 4 nitrogen and oxygen atoms in total. The van der Waals surface area contributed by atoms with Gasteiger partial charge in [0.25, 0.3) is 0 Å². The second-order valence-corrected chi connectivity index (χ2v) is 4.38. The summed E-state index contributed by atoms with van der Waals surface area (Å²) in [6, 6.07) is -0.462. The van der Waals surface area contributed by atoms with Crippen molar-refractivity contribution in [2.24, 2.45) is 11.7 Å². The number of carbonyl (C=O) groups is 1. The lowest BCUT2D eigenvalue weighted by atomic mass is 10.1. The summed E-state index contributed by atoms with van der Waals surface area (Å²) in [4.78, 5) is 15.6. The van der Waals surface area contributed by atoms with E-state index in [1.165, 1.54) is 11.3 Å². The standard InChI is InChI=1S/C9H15N3OS/c1-5(2)7(10)8(13)12-9-6(3)11-4-14-9/h4-5,7H,10H2,1-3H3,(H,12,13)/t7-/m1/s1. The highest BCUT2D eigenvalue weighted by atomic mass is 32.1. The van der Waals surface area contributed by atoms with Crippen LogP contribution in [0.4, 0.5) is 5.00 Å². The van der Waals surface area contributed by atoms with Crippen molar-refractivity contribution in [1.82, 2.24) is 4.98 Å². The number of nitrogens with zero attached hydrogens (tertiary/aromatic N) is 1. The van der Waals surface area contributed by atoms with E-state index in [1.54, 1.807) is 5.51 Å². The number of hydrogen-bond donors (Lipinski definition) is 2. The van der Waals surface area contributed by atoms with E-state index in [2.05, 4.69) is 10.3 Å². The van der Waals surface area contributed by atoms with Gasteiger partial charge in [0, 0.05) is 0 Å². The smallest absolute Gasteiger partial charge is 0.242 e. The van der Waals surface area contributed by atoms with Gasteiger partial charge in [-0.2, -0.15) is 0 Å². The van der Waals surface area contributed by atoms with Crippen LogP contribution in [0.25, 0.3) is 0 Å². The normalized spacial score (nSPS) is 12.9. The van der Waals surface area contributed by atoms with Crippen LogP contribution in [0.2, 0.25) is 0 Å². The van der Waals surface area contributed by atoms with Crippen LogP contribution in [0.1, 0.15) is 19.5 Å². The van der Waals surface area contributed by atoms with Crippen LogP contribution in [0.15, 0.2) is 5.51 Å². The van der Waals surface area contributed by atoms with Crippen LogP contribution in [-0.2, 0) is 4.79 Å². The molecule has 1 atom stereocenters. The third-order valence-electron chi connectivity index (χ3n) is 2.00. The lowest BCUT2D eigenvalue weighted by Gasteiger charge is -2.14. The van der Waals surface area contributed by atoms with Crippen molar-refractivity contribution >= 4 is 22.2 Å². The van der Waals surface area contributed by atoms with E-state index in [0.717, 1.165) is 10.7 Å². The number of nitrogens with one attached hydrogen (secondary N) is 1. The maximum absolute atomic E-state index is 11.5. The first kappa shape index (κ1) is 11.1. The molecule has 0 aliphatic heterocycles. The van der Waals surface area contributed by atoms with Gasteiger partial charge in [-0.1, -0.05) is 13.8 Å². The number of anilines is 1. The van der Waals surface area contributed by atoms with Gasteiger partial charge in [-0.25, -0.2) is 4.98 Å². The molecule has 0 fully saturated rings. The molecule has 1 aromatic rings. The zero-order valence-corrected chi connectivity index (χ0v) is 9.39. The molecule has 3 N–H and O–H groups in total. The van der Waals surface area contributed by atoms with Crippen molar-refractivity contribution in [2.75, 3.05) is 5.32 Å². The quantitative estimate of drug-likeness (QED) is 0.797. The molecule has 1 rings (SSSR count). The monoisotopic (exact) mass is 213 g/mol. The van der Waals surface area contributed by atoms with E-state index < -0.39 is 6.04 Å². The highest BCUT2D eigenvalue weighted by Crippen LogP contribution is 2.19. The molecule has 0 saturated heterocycles. The summed E-state index contributed by atoms with van der Waals surface area (Å²) in [7, 11) is 0. The first-order valence-corrected chi connectivity index (χ1v) is 5.37. The van der Waals surface area contributed by atoms with Gasteiger partial charge >= 0.3 is 0 Å². The molecule has 1 amide bonds. The summed E-state index contributed by atoms with van der Waals surface area (Å²) >= 11 is 1.41. The first-order valence-electron chi connectivity index (χ1n) is 4.49. The number of aromatic nitrogens is 1. The van der Waals surface area contributed by atoms with Gasteiger partial charge in [0.15, 0.2) is 0 Å². The summed E-state index contributed by atoms with van der Waals surface area (Å²) in [5.41, 5.74) is 8.23. The Morgan fingerprint density at radius 1 is 1.64 bits per heavy atom. The summed E-state index contributed by atoms with van der Waals surface area (Å²) in [6.07, 6.45) is 0. The molecule has 14 heavy (non-hydrogen) atoms. The number of amides is 1. The average molecular weight is 213 g/mol.